The summed E-state index contributed by atoms with van der Waals surface area (Å²) in [5.41, 5.74) is 7.59. The van der Waals surface area contributed by atoms with Crippen LogP contribution >= 0.6 is 0 Å². The van der Waals surface area contributed by atoms with Gasteiger partial charge in [-0.25, -0.2) is 9.97 Å². The first-order valence-electron chi connectivity index (χ1n) is 6.13. The van der Waals surface area contributed by atoms with Gasteiger partial charge in [-0.05, 0) is 24.5 Å². The summed E-state index contributed by atoms with van der Waals surface area (Å²) >= 11 is 0. The molecule has 0 aliphatic rings. The second-order valence-corrected chi connectivity index (χ2v) is 4.32. The molecule has 0 radical (unpaired) electrons. The number of nitro groups is 1. The maximum Gasteiger partial charge on any atom is 0.352 e. The highest BCUT2D eigenvalue weighted by atomic mass is 16.6. The first-order valence-corrected chi connectivity index (χ1v) is 6.13. The van der Waals surface area contributed by atoms with E-state index in [1.807, 2.05) is 31.2 Å². The van der Waals surface area contributed by atoms with E-state index in [0.29, 0.717) is 6.54 Å². The van der Waals surface area contributed by atoms with Gasteiger partial charge >= 0.3 is 5.69 Å². The van der Waals surface area contributed by atoms with Crippen LogP contribution in [0.3, 0.4) is 0 Å². The standard InChI is InChI=1S/C13H15N5O2/c1-9-4-2-3-5-10(9)6-7-15-13-11(18(19)20)12(14)16-8-17-13/h2-5,8H,6-7H2,1H3,(H3,14,15,16,17). The smallest absolute Gasteiger partial charge is 0.352 e. The van der Waals surface area contributed by atoms with Crippen molar-refractivity contribution >= 4 is 17.3 Å². The average molecular weight is 273 g/mol. The minimum Gasteiger partial charge on any atom is -0.378 e. The quantitative estimate of drug-likeness (QED) is 0.636. The predicted molar refractivity (Wildman–Crippen MR) is 76.5 cm³/mol. The van der Waals surface area contributed by atoms with Crippen LogP contribution in [-0.2, 0) is 6.42 Å². The topological polar surface area (TPSA) is 107 Å². The van der Waals surface area contributed by atoms with Crippen LogP contribution in [0.15, 0.2) is 30.6 Å². The van der Waals surface area contributed by atoms with Gasteiger partial charge in [0.2, 0.25) is 11.6 Å². The van der Waals surface area contributed by atoms with Crippen molar-refractivity contribution in [2.45, 2.75) is 13.3 Å². The molecule has 7 heteroatoms. The molecule has 0 saturated heterocycles. The van der Waals surface area contributed by atoms with Crippen molar-refractivity contribution < 1.29 is 4.92 Å². The van der Waals surface area contributed by atoms with Crippen molar-refractivity contribution in [3.05, 3.63) is 51.8 Å². The van der Waals surface area contributed by atoms with Gasteiger partial charge in [-0.1, -0.05) is 24.3 Å². The molecule has 0 amide bonds. The Labute approximate surface area is 116 Å². The molecular weight excluding hydrogens is 258 g/mol. The molecule has 3 N–H and O–H groups in total. The number of hydrogen-bond acceptors (Lipinski definition) is 6. The fourth-order valence-electron chi connectivity index (χ4n) is 1.91. The molecule has 0 aliphatic carbocycles. The Morgan fingerprint density at radius 2 is 2.10 bits per heavy atom. The highest BCUT2D eigenvalue weighted by Crippen LogP contribution is 2.26. The molecule has 0 unspecified atom stereocenters. The van der Waals surface area contributed by atoms with E-state index in [2.05, 4.69) is 15.3 Å². The zero-order chi connectivity index (χ0) is 14.5. The van der Waals surface area contributed by atoms with Crippen molar-refractivity contribution in [2.24, 2.45) is 0 Å². The molecule has 1 heterocycles. The number of nitrogen functional groups attached to an aromatic ring is 1. The molecule has 0 saturated carbocycles. The monoisotopic (exact) mass is 273 g/mol. The van der Waals surface area contributed by atoms with Crippen molar-refractivity contribution in [1.82, 2.24) is 9.97 Å². The van der Waals surface area contributed by atoms with Crippen molar-refractivity contribution in [3.63, 3.8) is 0 Å². The summed E-state index contributed by atoms with van der Waals surface area (Å²) in [6, 6.07) is 8.00. The molecule has 0 bridgehead atoms. The summed E-state index contributed by atoms with van der Waals surface area (Å²) in [5.74, 6) is 0.0134. The van der Waals surface area contributed by atoms with Gasteiger partial charge in [-0.3, -0.25) is 10.1 Å². The molecule has 104 valence electrons. The summed E-state index contributed by atoms with van der Waals surface area (Å²) in [7, 11) is 0. The van der Waals surface area contributed by atoms with Crippen molar-refractivity contribution in [2.75, 3.05) is 17.6 Å². The molecule has 2 aromatic rings. The highest BCUT2D eigenvalue weighted by molar-refractivity contribution is 5.67. The van der Waals surface area contributed by atoms with Gasteiger partial charge in [0.1, 0.15) is 6.33 Å². The summed E-state index contributed by atoms with van der Waals surface area (Å²) in [6.45, 7) is 2.56. The van der Waals surface area contributed by atoms with Gasteiger partial charge in [0.15, 0.2) is 0 Å². The third kappa shape index (κ3) is 3.00. The van der Waals surface area contributed by atoms with Crippen molar-refractivity contribution in [3.8, 4) is 0 Å². The maximum absolute atomic E-state index is 10.9. The molecule has 7 nitrogen and oxygen atoms in total. The number of nitrogens with zero attached hydrogens (tertiary/aromatic N) is 3. The fourth-order valence-corrected chi connectivity index (χ4v) is 1.91. The van der Waals surface area contributed by atoms with Gasteiger partial charge in [-0.2, -0.15) is 0 Å². The minimum absolute atomic E-state index is 0.136. The van der Waals surface area contributed by atoms with Crippen LogP contribution in [0.25, 0.3) is 0 Å². The van der Waals surface area contributed by atoms with E-state index in [9.17, 15) is 10.1 Å². The molecule has 0 atom stereocenters. The summed E-state index contributed by atoms with van der Waals surface area (Å²) < 4.78 is 0. The van der Waals surface area contributed by atoms with E-state index in [-0.39, 0.29) is 17.3 Å². The Morgan fingerprint density at radius 3 is 2.80 bits per heavy atom. The lowest BCUT2D eigenvalue weighted by Gasteiger charge is -2.08. The molecule has 0 aliphatic heterocycles. The number of nitrogens with one attached hydrogen (secondary N) is 1. The van der Waals surface area contributed by atoms with E-state index in [1.165, 1.54) is 17.5 Å². The Kier molecular flexibility index (Phi) is 4.09. The Balaban J connectivity index is 2.07. The van der Waals surface area contributed by atoms with E-state index >= 15 is 0 Å². The van der Waals surface area contributed by atoms with Crippen molar-refractivity contribution in [1.29, 1.82) is 0 Å². The zero-order valence-electron chi connectivity index (χ0n) is 11.0. The van der Waals surface area contributed by atoms with Crippen LogP contribution in [0.5, 0.6) is 0 Å². The van der Waals surface area contributed by atoms with Crippen LogP contribution in [0.4, 0.5) is 17.3 Å². The van der Waals surface area contributed by atoms with Gasteiger partial charge in [-0.15, -0.1) is 0 Å². The summed E-state index contributed by atoms with van der Waals surface area (Å²) in [4.78, 5) is 17.9. The van der Waals surface area contributed by atoms with E-state index in [0.717, 1.165) is 6.42 Å². The van der Waals surface area contributed by atoms with Crippen LogP contribution in [0.2, 0.25) is 0 Å². The Bertz CT molecular complexity index is 630. The second kappa shape index (κ2) is 5.96. The average Bonchev–Trinajstić information content (AvgIpc) is 2.40. The SMILES string of the molecule is Cc1ccccc1CCNc1ncnc(N)c1[N+](=O)[O-]. The first kappa shape index (κ1) is 13.7. The number of aryl methyl sites for hydroxylation is 1. The third-order valence-corrected chi connectivity index (χ3v) is 2.98. The fraction of sp³-hybridized carbons (Fsp3) is 0.231. The van der Waals surface area contributed by atoms with E-state index < -0.39 is 4.92 Å². The Hall–Kier alpha value is -2.70. The van der Waals surface area contributed by atoms with Gasteiger partial charge in [0.25, 0.3) is 0 Å². The molecular formula is C13H15N5O2. The number of anilines is 2. The van der Waals surface area contributed by atoms with Crippen LogP contribution in [0.1, 0.15) is 11.1 Å². The lowest BCUT2D eigenvalue weighted by Crippen LogP contribution is -2.11. The molecule has 0 fully saturated rings. The summed E-state index contributed by atoms with van der Waals surface area (Å²) in [6.07, 6.45) is 1.95. The van der Waals surface area contributed by atoms with E-state index in [1.54, 1.807) is 0 Å². The molecule has 2 rings (SSSR count). The minimum atomic E-state index is -0.578. The first-order chi connectivity index (χ1) is 9.59. The largest absolute Gasteiger partial charge is 0.378 e. The predicted octanol–water partition coefficient (Wildman–Crippen LogP) is 1.93. The molecule has 0 spiro atoms. The lowest BCUT2D eigenvalue weighted by molar-refractivity contribution is -0.383. The van der Waals surface area contributed by atoms with Gasteiger partial charge in [0, 0.05) is 6.54 Å². The second-order valence-electron chi connectivity index (χ2n) is 4.32. The number of rotatable bonds is 5. The summed E-state index contributed by atoms with van der Waals surface area (Å²) in [5, 5.41) is 13.9. The maximum atomic E-state index is 10.9. The molecule has 1 aromatic heterocycles. The normalized spacial score (nSPS) is 10.2. The number of aromatic nitrogens is 2. The number of nitrogens with two attached hydrogens (primary N) is 1. The lowest BCUT2D eigenvalue weighted by atomic mass is 10.1. The van der Waals surface area contributed by atoms with Crippen LogP contribution in [-0.4, -0.2) is 21.4 Å². The number of benzene rings is 1. The van der Waals surface area contributed by atoms with Gasteiger partial charge in [0.05, 0.1) is 4.92 Å². The van der Waals surface area contributed by atoms with Crippen LogP contribution < -0.4 is 11.1 Å². The number of hydrogen-bond donors (Lipinski definition) is 2. The highest BCUT2D eigenvalue weighted by Gasteiger charge is 2.20. The Morgan fingerprint density at radius 1 is 1.35 bits per heavy atom. The van der Waals surface area contributed by atoms with Crippen LogP contribution in [0, 0.1) is 17.0 Å². The van der Waals surface area contributed by atoms with Gasteiger partial charge < -0.3 is 11.1 Å². The van der Waals surface area contributed by atoms with E-state index in [4.69, 9.17) is 5.73 Å². The molecule has 20 heavy (non-hydrogen) atoms. The third-order valence-electron chi connectivity index (χ3n) is 2.98. The molecule has 1 aromatic carbocycles. The zero-order valence-corrected chi connectivity index (χ0v) is 11.0.